The van der Waals surface area contributed by atoms with Gasteiger partial charge in [0.15, 0.2) is 0 Å². The van der Waals surface area contributed by atoms with Gasteiger partial charge >= 0.3 is 0 Å². The van der Waals surface area contributed by atoms with Crippen molar-refractivity contribution in [3.63, 3.8) is 0 Å². The highest BCUT2D eigenvalue weighted by molar-refractivity contribution is 7.89. The van der Waals surface area contributed by atoms with Crippen molar-refractivity contribution < 1.29 is 13.2 Å². The van der Waals surface area contributed by atoms with Gasteiger partial charge in [-0.3, -0.25) is 4.79 Å². The second kappa shape index (κ2) is 7.99. The zero-order chi connectivity index (χ0) is 18.7. The van der Waals surface area contributed by atoms with E-state index < -0.39 is 10.0 Å². The Morgan fingerprint density at radius 1 is 1.35 bits per heavy atom. The van der Waals surface area contributed by atoms with Crippen LogP contribution < -0.4 is 5.32 Å². The fourth-order valence-corrected chi connectivity index (χ4v) is 5.04. The minimum Gasteiger partial charge on any atom is -0.320 e. The molecule has 0 atom stereocenters. The van der Waals surface area contributed by atoms with Crippen molar-refractivity contribution in [1.29, 1.82) is 0 Å². The molecule has 1 N–H and O–H groups in total. The van der Waals surface area contributed by atoms with Gasteiger partial charge in [-0.15, -0.1) is 10.2 Å². The number of carbonyl (C=O) groups is 1. The van der Waals surface area contributed by atoms with E-state index in [4.69, 9.17) is 11.6 Å². The molecule has 10 heteroatoms. The van der Waals surface area contributed by atoms with E-state index in [9.17, 15) is 13.2 Å². The van der Waals surface area contributed by atoms with Crippen molar-refractivity contribution in [3.8, 4) is 0 Å². The second-order valence-corrected chi connectivity index (χ2v) is 9.69. The lowest BCUT2D eigenvalue weighted by Crippen LogP contribution is -2.38. The molecule has 0 unspecified atom stereocenters. The van der Waals surface area contributed by atoms with Crippen LogP contribution in [0.15, 0.2) is 24.3 Å². The Bertz CT molecular complexity index is 892. The van der Waals surface area contributed by atoms with E-state index in [0.29, 0.717) is 36.6 Å². The van der Waals surface area contributed by atoms with E-state index in [1.165, 1.54) is 15.6 Å². The molecule has 0 aliphatic carbocycles. The van der Waals surface area contributed by atoms with Crippen LogP contribution in [0, 0.1) is 0 Å². The number of rotatable bonds is 5. The first-order valence-corrected chi connectivity index (χ1v) is 11.1. The molecule has 1 aliphatic heterocycles. The maximum atomic E-state index is 12.3. The average Bonchev–Trinajstić information content (AvgIpc) is 3.12. The summed E-state index contributed by atoms with van der Waals surface area (Å²) in [5.74, 6) is -0.0878. The molecule has 1 amide bonds. The predicted molar refractivity (Wildman–Crippen MR) is 102 cm³/mol. The molecule has 0 saturated carbocycles. The predicted octanol–water partition coefficient (Wildman–Crippen LogP) is 2.97. The van der Waals surface area contributed by atoms with Crippen molar-refractivity contribution in [1.82, 2.24) is 14.5 Å². The van der Waals surface area contributed by atoms with Gasteiger partial charge in [-0.05, 0) is 38.0 Å². The average molecular weight is 415 g/mol. The number of hydrogen-bond acceptors (Lipinski definition) is 6. The lowest BCUT2D eigenvalue weighted by atomic mass is 9.99. The van der Waals surface area contributed by atoms with Gasteiger partial charge in [0, 0.05) is 29.7 Å². The van der Waals surface area contributed by atoms with Gasteiger partial charge in [0.25, 0.3) is 5.91 Å². The molecule has 0 radical (unpaired) electrons. The Labute approximate surface area is 161 Å². The van der Waals surface area contributed by atoms with E-state index in [0.717, 1.165) is 5.01 Å². The third kappa shape index (κ3) is 4.40. The number of halogens is 1. The third-order valence-electron chi connectivity index (χ3n) is 4.28. The van der Waals surface area contributed by atoms with E-state index in [2.05, 4.69) is 15.5 Å². The molecule has 2 aromatic rings. The zero-order valence-electron chi connectivity index (χ0n) is 14.2. The fraction of sp³-hybridized carbons (Fsp3) is 0.438. The number of carbonyl (C=O) groups excluding carboxylic acids is 1. The van der Waals surface area contributed by atoms with Gasteiger partial charge in [0.1, 0.15) is 5.01 Å². The fourth-order valence-electron chi connectivity index (χ4n) is 2.81. The summed E-state index contributed by atoms with van der Waals surface area (Å²) in [6, 6.07) is 6.88. The van der Waals surface area contributed by atoms with Crippen molar-refractivity contribution in [2.45, 2.75) is 25.7 Å². The molecule has 140 valence electrons. The number of nitrogens with zero attached hydrogens (tertiary/aromatic N) is 3. The second-order valence-electron chi connectivity index (χ2n) is 5.98. The molecular formula is C16H19ClN4O3S2. The number of anilines is 1. The minimum absolute atomic E-state index is 0.115. The van der Waals surface area contributed by atoms with Gasteiger partial charge in [-0.1, -0.05) is 29.0 Å². The number of hydrogen-bond donors (Lipinski definition) is 1. The molecule has 1 saturated heterocycles. The quantitative estimate of drug-likeness (QED) is 0.811. The summed E-state index contributed by atoms with van der Waals surface area (Å²) in [7, 11) is -3.15. The highest BCUT2D eigenvalue weighted by Gasteiger charge is 2.29. The van der Waals surface area contributed by atoms with E-state index in [1.54, 1.807) is 31.2 Å². The molecule has 0 bridgehead atoms. The van der Waals surface area contributed by atoms with Crippen LogP contribution in [-0.2, 0) is 10.0 Å². The first-order chi connectivity index (χ1) is 12.4. The van der Waals surface area contributed by atoms with Crippen LogP contribution in [0.2, 0.25) is 5.02 Å². The standard InChI is InChI=1S/C16H19ClN4O3S2/c1-2-26(23,24)21-8-6-11(7-9-21)15-19-20-16(25-15)14(22)18-13-5-3-4-12(17)10-13/h3-5,10-11H,2,6-9H2,1H3,(H,18,22). The molecule has 7 nitrogen and oxygen atoms in total. The molecule has 1 aromatic carbocycles. The van der Waals surface area contributed by atoms with Gasteiger partial charge < -0.3 is 5.32 Å². The van der Waals surface area contributed by atoms with Crippen molar-refractivity contribution >= 4 is 44.6 Å². The van der Waals surface area contributed by atoms with Crippen molar-refractivity contribution in [2.75, 3.05) is 24.2 Å². The largest absolute Gasteiger partial charge is 0.320 e. The summed E-state index contributed by atoms with van der Waals surface area (Å²) in [5.41, 5.74) is 0.595. The van der Waals surface area contributed by atoms with Crippen LogP contribution in [0.4, 0.5) is 5.69 Å². The topological polar surface area (TPSA) is 92.3 Å². The summed E-state index contributed by atoms with van der Waals surface area (Å²) in [4.78, 5) is 12.3. The Balaban J connectivity index is 1.62. The maximum Gasteiger partial charge on any atom is 0.286 e. The molecule has 26 heavy (non-hydrogen) atoms. The van der Waals surface area contributed by atoms with Gasteiger partial charge in [0.2, 0.25) is 15.0 Å². The van der Waals surface area contributed by atoms with Crippen LogP contribution in [0.5, 0.6) is 0 Å². The highest BCUT2D eigenvalue weighted by Crippen LogP contribution is 2.31. The Morgan fingerprint density at radius 2 is 2.08 bits per heavy atom. The number of sulfonamides is 1. The SMILES string of the molecule is CCS(=O)(=O)N1CCC(c2nnc(C(=O)Nc3cccc(Cl)c3)s2)CC1. The molecule has 1 aliphatic rings. The van der Waals surface area contributed by atoms with Crippen LogP contribution in [0.3, 0.4) is 0 Å². The summed E-state index contributed by atoms with van der Waals surface area (Å²) < 4.78 is 25.4. The molecule has 1 aromatic heterocycles. The van der Waals surface area contributed by atoms with E-state index >= 15 is 0 Å². The lowest BCUT2D eigenvalue weighted by molar-refractivity contribution is 0.102. The summed E-state index contributed by atoms with van der Waals surface area (Å²) >= 11 is 7.16. The van der Waals surface area contributed by atoms with Crippen LogP contribution in [0.25, 0.3) is 0 Å². The monoisotopic (exact) mass is 414 g/mol. The Kier molecular flexibility index (Phi) is 5.91. The zero-order valence-corrected chi connectivity index (χ0v) is 16.6. The smallest absolute Gasteiger partial charge is 0.286 e. The van der Waals surface area contributed by atoms with E-state index in [1.807, 2.05) is 0 Å². The van der Waals surface area contributed by atoms with Crippen molar-refractivity contribution in [2.24, 2.45) is 0 Å². The molecular weight excluding hydrogens is 396 g/mol. The Morgan fingerprint density at radius 3 is 2.73 bits per heavy atom. The molecule has 3 rings (SSSR count). The van der Waals surface area contributed by atoms with E-state index in [-0.39, 0.29) is 22.6 Å². The van der Waals surface area contributed by atoms with Gasteiger partial charge in [-0.2, -0.15) is 0 Å². The third-order valence-corrected chi connectivity index (χ3v) is 7.48. The lowest BCUT2D eigenvalue weighted by Gasteiger charge is -2.29. The van der Waals surface area contributed by atoms with Gasteiger partial charge in [0.05, 0.1) is 5.75 Å². The van der Waals surface area contributed by atoms with Crippen molar-refractivity contribution in [3.05, 3.63) is 39.3 Å². The normalized spacial score (nSPS) is 16.5. The minimum atomic E-state index is -3.15. The summed E-state index contributed by atoms with van der Waals surface area (Å²) in [6.07, 6.45) is 1.37. The van der Waals surface area contributed by atoms with Gasteiger partial charge in [-0.25, -0.2) is 12.7 Å². The maximum absolute atomic E-state index is 12.3. The number of benzene rings is 1. The van der Waals surface area contributed by atoms with Crippen LogP contribution >= 0.6 is 22.9 Å². The number of piperidine rings is 1. The molecule has 2 heterocycles. The summed E-state index contributed by atoms with van der Waals surface area (Å²) in [6.45, 7) is 2.60. The number of aromatic nitrogens is 2. The number of nitrogens with one attached hydrogen (secondary N) is 1. The summed E-state index contributed by atoms with van der Waals surface area (Å²) in [5, 5.41) is 12.5. The highest BCUT2D eigenvalue weighted by atomic mass is 35.5. The van der Waals surface area contributed by atoms with Crippen LogP contribution in [0.1, 0.15) is 40.5 Å². The molecule has 1 fully saturated rings. The first-order valence-electron chi connectivity index (χ1n) is 8.27. The number of amides is 1. The molecule has 0 spiro atoms. The Hall–Kier alpha value is -1.55. The first kappa shape index (κ1) is 19.2. The van der Waals surface area contributed by atoms with Crippen LogP contribution in [-0.4, -0.2) is 47.7 Å².